The zero-order valence-corrected chi connectivity index (χ0v) is 25.8. The Labute approximate surface area is 256 Å². The summed E-state index contributed by atoms with van der Waals surface area (Å²) in [6.45, 7) is 7.39. The first-order chi connectivity index (χ1) is 21.0. The number of rotatable bonds is 7. The maximum absolute atomic E-state index is 13.1. The van der Waals surface area contributed by atoms with E-state index in [2.05, 4.69) is 22.3 Å². The maximum atomic E-state index is 13.1. The molecule has 1 saturated heterocycles. The number of amides is 1. The molecule has 1 aromatic carbocycles. The van der Waals surface area contributed by atoms with Gasteiger partial charge in [-0.25, -0.2) is 9.78 Å². The fourth-order valence-corrected chi connectivity index (χ4v) is 5.94. The number of fused-ring (bicyclic) bond motifs is 1. The quantitative estimate of drug-likeness (QED) is 0.279. The molecule has 2 fully saturated rings. The van der Waals surface area contributed by atoms with Crippen LogP contribution < -0.4 is 10.5 Å². The minimum atomic E-state index is -0.456. The highest BCUT2D eigenvalue weighted by molar-refractivity contribution is 6.02. The summed E-state index contributed by atoms with van der Waals surface area (Å²) in [6, 6.07) is 15.6. The largest absolute Gasteiger partial charge is 0.448 e. The van der Waals surface area contributed by atoms with Gasteiger partial charge < -0.3 is 23.9 Å². The fraction of sp³-hybridized carbons (Fsp3) is 0.455. The Morgan fingerprint density at radius 1 is 1.09 bits per heavy atom. The van der Waals surface area contributed by atoms with Crippen LogP contribution in [0.2, 0.25) is 0 Å². The number of aryl methyl sites for hydroxylation is 1. The summed E-state index contributed by atoms with van der Waals surface area (Å²) in [4.78, 5) is 39.1. The summed E-state index contributed by atoms with van der Waals surface area (Å²) in [5.74, 6) is 0.139. The molecular weight excluding hydrogens is 558 g/mol. The number of nitrogens with zero attached hydrogens (tertiary/aromatic N) is 7. The van der Waals surface area contributed by atoms with E-state index in [1.54, 1.807) is 24.1 Å². The van der Waals surface area contributed by atoms with Crippen molar-refractivity contribution in [1.82, 2.24) is 14.5 Å². The van der Waals surface area contributed by atoms with E-state index in [4.69, 9.17) is 9.57 Å². The van der Waals surface area contributed by atoms with Gasteiger partial charge in [0.2, 0.25) is 0 Å². The molecule has 1 amide bonds. The Morgan fingerprint density at radius 3 is 2.39 bits per heavy atom. The first-order valence-electron chi connectivity index (χ1n) is 14.8. The normalized spacial score (nSPS) is 18.9. The lowest BCUT2D eigenvalue weighted by molar-refractivity contribution is -0.0000309. The minimum absolute atomic E-state index is 0.0234. The molecule has 44 heavy (non-hydrogen) atoms. The SMILES string of the molecule is CN(c1c(C#N)c(=O)n(C)c2ccc(C#N)nc12)C1CCC(C(=NOC(C)(C)C)c2ccc(CN3CCOC3=O)cc2)CC1. The van der Waals surface area contributed by atoms with E-state index in [0.717, 1.165) is 42.5 Å². The van der Waals surface area contributed by atoms with E-state index in [1.165, 1.54) is 4.57 Å². The summed E-state index contributed by atoms with van der Waals surface area (Å²) in [5.41, 5.74) is 3.77. The molecule has 5 rings (SSSR count). The molecule has 3 heterocycles. The molecule has 11 heteroatoms. The van der Waals surface area contributed by atoms with Gasteiger partial charge in [-0.15, -0.1) is 0 Å². The molecule has 11 nitrogen and oxygen atoms in total. The summed E-state index contributed by atoms with van der Waals surface area (Å²) in [6.07, 6.45) is 2.95. The van der Waals surface area contributed by atoms with Crippen LogP contribution in [0.5, 0.6) is 0 Å². The van der Waals surface area contributed by atoms with Gasteiger partial charge in [-0.05, 0) is 69.7 Å². The number of anilines is 1. The van der Waals surface area contributed by atoms with Crippen LogP contribution in [0.1, 0.15) is 68.8 Å². The lowest BCUT2D eigenvalue weighted by atomic mass is 9.80. The molecule has 1 aliphatic carbocycles. The molecule has 3 aromatic rings. The standard InChI is InChI=1S/C33H37N7O4/c1-33(2,3)44-37-28(22-8-6-21(7-9-22)20-40-16-17-43-32(40)42)23-10-13-25(14-11-23)38(4)30-26(19-35)31(41)39(5)27-15-12-24(18-34)36-29(27)30/h6-9,12,15,23,25H,10-11,13-14,16-17,20H2,1-5H3. The summed E-state index contributed by atoms with van der Waals surface area (Å²) in [7, 11) is 3.51. The fourth-order valence-electron chi connectivity index (χ4n) is 5.94. The molecule has 0 unspecified atom stereocenters. The molecule has 2 aromatic heterocycles. The van der Waals surface area contributed by atoms with Crippen molar-refractivity contribution in [3.8, 4) is 12.1 Å². The minimum Gasteiger partial charge on any atom is -0.448 e. The number of cyclic esters (lactones) is 1. The van der Waals surface area contributed by atoms with Crippen LogP contribution in [-0.4, -0.2) is 58.1 Å². The van der Waals surface area contributed by atoms with Gasteiger partial charge >= 0.3 is 6.09 Å². The van der Waals surface area contributed by atoms with Crippen LogP contribution in [0.4, 0.5) is 10.5 Å². The monoisotopic (exact) mass is 595 g/mol. The maximum Gasteiger partial charge on any atom is 0.410 e. The van der Waals surface area contributed by atoms with Crippen LogP contribution in [0.3, 0.4) is 0 Å². The number of ether oxygens (including phenoxy) is 1. The first kappa shape index (κ1) is 30.6. The number of hydrogen-bond donors (Lipinski definition) is 0. The van der Waals surface area contributed by atoms with Crippen molar-refractivity contribution in [2.24, 2.45) is 18.1 Å². The third kappa shape index (κ3) is 6.23. The van der Waals surface area contributed by atoms with Crippen molar-refractivity contribution in [2.45, 2.75) is 64.6 Å². The van der Waals surface area contributed by atoms with Crippen LogP contribution in [0, 0.1) is 28.6 Å². The van der Waals surface area contributed by atoms with Gasteiger partial charge in [0.15, 0.2) is 0 Å². The van der Waals surface area contributed by atoms with E-state index >= 15 is 0 Å². The smallest absolute Gasteiger partial charge is 0.410 e. The summed E-state index contributed by atoms with van der Waals surface area (Å²) in [5, 5.41) is 24.1. The molecular formula is C33H37N7O4. The van der Waals surface area contributed by atoms with E-state index < -0.39 is 5.60 Å². The molecule has 228 valence electrons. The molecule has 2 aliphatic rings. The number of oxime groups is 1. The number of pyridine rings is 2. The van der Waals surface area contributed by atoms with Crippen molar-refractivity contribution in [3.05, 3.63) is 69.1 Å². The van der Waals surface area contributed by atoms with E-state index in [1.807, 2.05) is 57.0 Å². The van der Waals surface area contributed by atoms with Crippen LogP contribution in [0.15, 0.2) is 46.3 Å². The lowest BCUT2D eigenvalue weighted by Gasteiger charge is -2.37. The molecule has 1 saturated carbocycles. The second-order valence-corrected chi connectivity index (χ2v) is 12.4. The Hall–Kier alpha value is -4.90. The van der Waals surface area contributed by atoms with Crippen molar-refractivity contribution < 1.29 is 14.4 Å². The van der Waals surface area contributed by atoms with Crippen molar-refractivity contribution in [1.29, 1.82) is 10.5 Å². The summed E-state index contributed by atoms with van der Waals surface area (Å²) < 4.78 is 6.46. The number of carbonyl (C=O) groups is 1. The number of benzene rings is 1. The van der Waals surface area contributed by atoms with Gasteiger partial charge in [-0.1, -0.05) is 29.4 Å². The second-order valence-electron chi connectivity index (χ2n) is 12.4. The van der Waals surface area contributed by atoms with E-state index in [0.29, 0.717) is 36.4 Å². The highest BCUT2D eigenvalue weighted by Crippen LogP contribution is 2.35. The highest BCUT2D eigenvalue weighted by Gasteiger charge is 2.32. The Bertz CT molecular complexity index is 1730. The number of hydrogen-bond acceptors (Lipinski definition) is 9. The third-order valence-electron chi connectivity index (χ3n) is 8.31. The Kier molecular flexibility index (Phi) is 8.59. The molecule has 0 spiro atoms. The van der Waals surface area contributed by atoms with Crippen molar-refractivity contribution in [3.63, 3.8) is 0 Å². The second kappa shape index (κ2) is 12.4. The highest BCUT2D eigenvalue weighted by atomic mass is 16.6. The zero-order valence-electron chi connectivity index (χ0n) is 25.8. The average Bonchev–Trinajstić information content (AvgIpc) is 3.42. The van der Waals surface area contributed by atoms with Gasteiger partial charge in [-0.3, -0.25) is 4.79 Å². The van der Waals surface area contributed by atoms with Gasteiger partial charge in [0.25, 0.3) is 5.56 Å². The first-order valence-corrected chi connectivity index (χ1v) is 14.8. The zero-order chi connectivity index (χ0) is 31.6. The van der Waals surface area contributed by atoms with Gasteiger partial charge in [-0.2, -0.15) is 10.5 Å². The topological polar surface area (TPSA) is 137 Å². The summed E-state index contributed by atoms with van der Waals surface area (Å²) >= 11 is 0. The Morgan fingerprint density at radius 2 is 1.80 bits per heavy atom. The number of nitriles is 2. The van der Waals surface area contributed by atoms with Crippen molar-refractivity contribution >= 4 is 28.5 Å². The van der Waals surface area contributed by atoms with Crippen LogP contribution in [-0.2, 0) is 23.2 Å². The predicted octanol–water partition coefficient (Wildman–Crippen LogP) is 4.84. The van der Waals surface area contributed by atoms with Gasteiger partial charge in [0.1, 0.15) is 41.1 Å². The third-order valence-corrected chi connectivity index (χ3v) is 8.31. The lowest BCUT2D eigenvalue weighted by Crippen LogP contribution is -2.39. The van der Waals surface area contributed by atoms with Crippen LogP contribution >= 0.6 is 0 Å². The molecule has 0 bridgehead atoms. The van der Waals surface area contributed by atoms with Gasteiger partial charge in [0, 0.05) is 32.6 Å². The molecule has 0 N–H and O–H groups in total. The Balaban J connectivity index is 1.39. The van der Waals surface area contributed by atoms with Crippen LogP contribution in [0.25, 0.3) is 11.0 Å². The van der Waals surface area contributed by atoms with Crippen molar-refractivity contribution in [2.75, 3.05) is 25.1 Å². The predicted molar refractivity (Wildman–Crippen MR) is 166 cm³/mol. The van der Waals surface area contributed by atoms with E-state index in [9.17, 15) is 20.1 Å². The number of aromatic nitrogens is 2. The number of carbonyl (C=O) groups excluding carboxylic acids is 1. The van der Waals surface area contributed by atoms with E-state index in [-0.39, 0.29) is 34.9 Å². The molecule has 0 radical (unpaired) electrons. The van der Waals surface area contributed by atoms with Gasteiger partial charge in [0.05, 0.1) is 23.5 Å². The molecule has 0 atom stereocenters. The molecule has 1 aliphatic heterocycles. The average molecular weight is 596 g/mol.